The summed E-state index contributed by atoms with van der Waals surface area (Å²) >= 11 is 3.14. The third-order valence-electron chi connectivity index (χ3n) is 3.24. The number of furan rings is 1. The number of nitrogens with zero attached hydrogens (tertiary/aromatic N) is 1. The van der Waals surface area contributed by atoms with Crippen molar-refractivity contribution in [2.24, 2.45) is 0 Å². The molecular weight excluding hydrogens is 440 g/mol. The Morgan fingerprint density at radius 3 is 2.41 bits per heavy atom. The van der Waals surface area contributed by atoms with Gasteiger partial charge in [-0.05, 0) is 58.4 Å². The summed E-state index contributed by atoms with van der Waals surface area (Å²) < 4.78 is 35.6. The van der Waals surface area contributed by atoms with E-state index in [2.05, 4.69) is 21.2 Å². The number of hydrogen-bond acceptors (Lipinski definition) is 6. The highest BCUT2D eigenvalue weighted by Crippen LogP contribution is 2.17. The molecule has 0 fully saturated rings. The van der Waals surface area contributed by atoms with E-state index in [1.54, 1.807) is 12.1 Å². The van der Waals surface area contributed by atoms with Gasteiger partial charge in [-0.2, -0.15) is 0 Å². The highest BCUT2D eigenvalue weighted by atomic mass is 79.9. The molecule has 144 valence electrons. The van der Waals surface area contributed by atoms with Crippen molar-refractivity contribution in [3.8, 4) is 0 Å². The molecule has 0 saturated carbocycles. The predicted molar refractivity (Wildman–Crippen MR) is 102 cm³/mol. The van der Waals surface area contributed by atoms with Crippen molar-refractivity contribution in [2.45, 2.75) is 4.90 Å². The van der Waals surface area contributed by atoms with E-state index in [-0.39, 0.29) is 4.90 Å². The molecule has 0 bridgehead atoms. The van der Waals surface area contributed by atoms with Crippen molar-refractivity contribution in [3.05, 3.63) is 52.9 Å². The van der Waals surface area contributed by atoms with Gasteiger partial charge in [0.05, 0.1) is 4.90 Å². The number of rotatable bonds is 7. The molecule has 0 unspecified atom stereocenters. The first-order chi connectivity index (χ1) is 12.7. The first-order valence-electron chi connectivity index (χ1n) is 7.61. The average molecular weight is 457 g/mol. The van der Waals surface area contributed by atoms with E-state index < -0.39 is 28.5 Å². The van der Waals surface area contributed by atoms with E-state index in [9.17, 15) is 18.0 Å². The summed E-state index contributed by atoms with van der Waals surface area (Å²) in [5.74, 6) is -0.804. The second kappa shape index (κ2) is 8.98. The Bertz CT molecular complexity index is 948. The van der Waals surface area contributed by atoms with Gasteiger partial charge in [-0.15, -0.1) is 0 Å². The van der Waals surface area contributed by atoms with Crippen molar-refractivity contribution in [1.82, 2.24) is 4.31 Å². The standard InChI is InChI=1S/C17H17BrN2O6S/c1-20(2)27(23,24)14-7-3-12(4-8-14)19-16(21)11-25-17(22)10-6-13-5-9-15(18)26-13/h3-10H,11H2,1-2H3,(H,19,21)/b10-6+. The Kier molecular flexibility index (Phi) is 6.94. The summed E-state index contributed by atoms with van der Waals surface area (Å²) in [6.45, 7) is -0.483. The lowest BCUT2D eigenvalue weighted by atomic mass is 10.3. The van der Waals surface area contributed by atoms with E-state index in [1.807, 2.05) is 0 Å². The van der Waals surface area contributed by atoms with Crippen LogP contribution in [0.15, 0.2) is 56.5 Å². The zero-order valence-corrected chi connectivity index (χ0v) is 16.9. The number of esters is 1. The SMILES string of the molecule is CN(C)S(=O)(=O)c1ccc(NC(=O)COC(=O)/C=C/c2ccc(Br)o2)cc1. The van der Waals surface area contributed by atoms with Gasteiger partial charge in [0, 0.05) is 25.9 Å². The molecule has 0 radical (unpaired) electrons. The number of ether oxygens (including phenoxy) is 1. The number of carbonyl (C=O) groups is 2. The molecule has 0 atom stereocenters. The second-order valence-corrected chi connectivity index (χ2v) is 8.38. The van der Waals surface area contributed by atoms with Gasteiger partial charge in [0.2, 0.25) is 10.0 Å². The van der Waals surface area contributed by atoms with Crippen molar-refractivity contribution in [2.75, 3.05) is 26.0 Å². The lowest BCUT2D eigenvalue weighted by Crippen LogP contribution is -2.22. The largest absolute Gasteiger partial charge is 0.452 e. The maximum atomic E-state index is 12.0. The Labute approximate surface area is 165 Å². The topological polar surface area (TPSA) is 106 Å². The zero-order valence-electron chi connectivity index (χ0n) is 14.5. The van der Waals surface area contributed by atoms with Crippen molar-refractivity contribution < 1.29 is 27.2 Å². The van der Waals surface area contributed by atoms with E-state index in [0.29, 0.717) is 16.1 Å². The van der Waals surface area contributed by atoms with E-state index in [4.69, 9.17) is 9.15 Å². The molecule has 2 rings (SSSR count). The molecule has 0 aliphatic heterocycles. The Morgan fingerprint density at radius 2 is 1.85 bits per heavy atom. The predicted octanol–water partition coefficient (Wildman–Crippen LogP) is 2.49. The van der Waals surface area contributed by atoms with E-state index in [0.717, 1.165) is 10.4 Å². The fraction of sp³-hybridized carbons (Fsp3) is 0.176. The number of nitrogens with one attached hydrogen (secondary N) is 1. The monoisotopic (exact) mass is 456 g/mol. The van der Waals surface area contributed by atoms with Crippen LogP contribution in [0.4, 0.5) is 5.69 Å². The molecule has 0 aliphatic rings. The molecule has 1 N–H and O–H groups in total. The smallest absolute Gasteiger partial charge is 0.331 e. The molecule has 0 aliphatic carbocycles. The quantitative estimate of drug-likeness (QED) is 0.506. The van der Waals surface area contributed by atoms with Crippen LogP contribution in [0, 0.1) is 0 Å². The van der Waals surface area contributed by atoms with Crippen molar-refractivity contribution >= 4 is 49.6 Å². The van der Waals surface area contributed by atoms with Gasteiger partial charge in [0.15, 0.2) is 11.3 Å². The average Bonchev–Trinajstić information content (AvgIpc) is 3.04. The third kappa shape index (κ3) is 6.05. The number of halogens is 1. The van der Waals surface area contributed by atoms with Crippen LogP contribution >= 0.6 is 15.9 Å². The maximum absolute atomic E-state index is 12.0. The van der Waals surface area contributed by atoms with Gasteiger partial charge in [-0.25, -0.2) is 17.5 Å². The number of benzene rings is 1. The van der Waals surface area contributed by atoms with Crippen molar-refractivity contribution in [1.29, 1.82) is 0 Å². The normalized spacial score (nSPS) is 11.7. The highest BCUT2D eigenvalue weighted by molar-refractivity contribution is 9.10. The minimum absolute atomic E-state index is 0.103. The van der Waals surface area contributed by atoms with Crippen LogP contribution in [0.2, 0.25) is 0 Å². The third-order valence-corrected chi connectivity index (χ3v) is 5.50. The lowest BCUT2D eigenvalue weighted by Gasteiger charge is -2.12. The first-order valence-corrected chi connectivity index (χ1v) is 9.84. The van der Waals surface area contributed by atoms with Crippen molar-refractivity contribution in [3.63, 3.8) is 0 Å². The molecule has 10 heteroatoms. The van der Waals surface area contributed by atoms with Crippen LogP contribution in [0.5, 0.6) is 0 Å². The molecule has 1 heterocycles. The van der Waals surface area contributed by atoms with Crippen LogP contribution in [0.3, 0.4) is 0 Å². The summed E-state index contributed by atoms with van der Waals surface area (Å²) in [6.07, 6.45) is 2.55. The Morgan fingerprint density at radius 1 is 1.19 bits per heavy atom. The minimum atomic E-state index is -3.54. The number of hydrogen-bond donors (Lipinski definition) is 1. The highest BCUT2D eigenvalue weighted by Gasteiger charge is 2.16. The van der Waals surface area contributed by atoms with E-state index in [1.165, 1.54) is 44.4 Å². The molecule has 8 nitrogen and oxygen atoms in total. The summed E-state index contributed by atoms with van der Waals surface area (Å²) in [4.78, 5) is 23.5. The molecule has 2 aromatic rings. The molecule has 0 saturated heterocycles. The molecule has 1 aromatic carbocycles. The van der Waals surface area contributed by atoms with Gasteiger partial charge in [-0.1, -0.05) is 0 Å². The van der Waals surface area contributed by atoms with Gasteiger partial charge in [-0.3, -0.25) is 4.79 Å². The number of amides is 1. The van der Waals surface area contributed by atoms with Crippen LogP contribution in [-0.4, -0.2) is 45.3 Å². The number of anilines is 1. The molecule has 0 spiro atoms. The van der Waals surface area contributed by atoms with Crippen LogP contribution in [0.25, 0.3) is 6.08 Å². The number of carbonyl (C=O) groups excluding carboxylic acids is 2. The zero-order chi connectivity index (χ0) is 20.0. The molecule has 1 aromatic heterocycles. The Hall–Kier alpha value is -2.43. The second-order valence-electron chi connectivity index (χ2n) is 5.44. The van der Waals surface area contributed by atoms with E-state index >= 15 is 0 Å². The molecule has 27 heavy (non-hydrogen) atoms. The summed E-state index contributed by atoms with van der Waals surface area (Å²) in [5.41, 5.74) is 0.379. The van der Waals surface area contributed by atoms with Gasteiger partial charge >= 0.3 is 5.97 Å². The van der Waals surface area contributed by atoms with Crippen LogP contribution < -0.4 is 5.32 Å². The molecule has 1 amide bonds. The lowest BCUT2D eigenvalue weighted by molar-refractivity contribution is -0.142. The fourth-order valence-corrected chi connectivity index (χ4v) is 3.09. The maximum Gasteiger partial charge on any atom is 0.331 e. The van der Waals surface area contributed by atoms with Crippen LogP contribution in [0.1, 0.15) is 5.76 Å². The molecular formula is C17H17BrN2O6S. The fourth-order valence-electron chi connectivity index (χ4n) is 1.87. The van der Waals surface area contributed by atoms with Crippen LogP contribution in [-0.2, 0) is 24.3 Å². The van der Waals surface area contributed by atoms with Gasteiger partial charge in [0.1, 0.15) is 5.76 Å². The first kappa shape index (κ1) is 20.9. The summed E-state index contributed by atoms with van der Waals surface area (Å²) in [6, 6.07) is 8.98. The number of sulfonamides is 1. The van der Waals surface area contributed by atoms with Gasteiger partial charge < -0.3 is 14.5 Å². The summed E-state index contributed by atoms with van der Waals surface area (Å²) in [7, 11) is -0.680. The van der Waals surface area contributed by atoms with Gasteiger partial charge in [0.25, 0.3) is 5.91 Å². The summed E-state index contributed by atoms with van der Waals surface area (Å²) in [5, 5.41) is 2.51. The Balaban J connectivity index is 1.85. The minimum Gasteiger partial charge on any atom is -0.452 e.